The summed E-state index contributed by atoms with van der Waals surface area (Å²) in [6, 6.07) is 8.04. The lowest BCUT2D eigenvalue weighted by Gasteiger charge is -2.29. The molecule has 0 bridgehead atoms. The Balaban J connectivity index is 1.27. The lowest BCUT2D eigenvalue weighted by molar-refractivity contribution is 0.0360. The molecule has 0 atom stereocenters. The molecule has 2 aliphatic rings. The maximum absolute atomic E-state index is 5.39. The highest BCUT2D eigenvalue weighted by Crippen LogP contribution is 2.16. The number of aliphatic imine (C=N–C) groups is 1. The van der Waals surface area contributed by atoms with Crippen LogP contribution in [-0.2, 0) is 4.74 Å². The van der Waals surface area contributed by atoms with E-state index in [0.29, 0.717) is 12.6 Å². The van der Waals surface area contributed by atoms with Crippen molar-refractivity contribution < 1.29 is 4.74 Å². The predicted molar refractivity (Wildman–Crippen MR) is 107 cm³/mol. The number of benzene rings is 1. The minimum atomic E-state index is 0.582. The molecule has 1 saturated heterocycles. The molecule has 0 aliphatic carbocycles. The van der Waals surface area contributed by atoms with Crippen molar-refractivity contribution in [2.24, 2.45) is 4.99 Å². The van der Waals surface area contributed by atoms with Crippen molar-refractivity contribution in [2.45, 2.75) is 13.3 Å². The second-order valence-corrected chi connectivity index (χ2v) is 6.96. The molecule has 144 valence electrons. The summed E-state index contributed by atoms with van der Waals surface area (Å²) in [5, 5.41) is 7.61. The van der Waals surface area contributed by atoms with Crippen LogP contribution in [0, 0.1) is 6.92 Å². The van der Waals surface area contributed by atoms with Crippen LogP contribution in [0.15, 0.2) is 29.3 Å². The van der Waals surface area contributed by atoms with Gasteiger partial charge in [0.05, 0.1) is 37.8 Å². The number of morpholine rings is 1. The van der Waals surface area contributed by atoms with Crippen LogP contribution in [0.2, 0.25) is 0 Å². The molecule has 2 aliphatic heterocycles. The van der Waals surface area contributed by atoms with E-state index < -0.39 is 0 Å². The first-order valence-corrected chi connectivity index (χ1v) is 9.59. The van der Waals surface area contributed by atoms with E-state index in [2.05, 4.69) is 35.4 Å². The van der Waals surface area contributed by atoms with E-state index in [0.717, 1.165) is 75.0 Å². The summed E-state index contributed by atoms with van der Waals surface area (Å²) < 4.78 is 5.39. The van der Waals surface area contributed by atoms with Gasteiger partial charge in [-0.3, -0.25) is 15.1 Å². The van der Waals surface area contributed by atoms with E-state index in [1.54, 1.807) is 0 Å². The van der Waals surface area contributed by atoms with Crippen LogP contribution in [0.5, 0.6) is 0 Å². The fourth-order valence-electron chi connectivity index (χ4n) is 3.44. The normalized spacial score (nSPS) is 18.9. The molecule has 4 rings (SSSR count). The van der Waals surface area contributed by atoms with Gasteiger partial charge in [0, 0.05) is 25.0 Å². The Kier molecular flexibility index (Phi) is 5.76. The summed E-state index contributed by atoms with van der Waals surface area (Å²) in [6.07, 6.45) is 1.15. The van der Waals surface area contributed by atoms with E-state index in [4.69, 9.17) is 4.74 Å². The summed E-state index contributed by atoms with van der Waals surface area (Å²) >= 11 is 0. The number of hydrogen-bond acceptors (Lipinski definition) is 8. The SMILES string of the molecule is Cc1nc(NC2=NCN(CCCN3CCOCC3)CN2)nc2ccccc12. The molecule has 0 spiro atoms. The number of aryl methyl sites for hydroxylation is 1. The van der Waals surface area contributed by atoms with Gasteiger partial charge in [-0.05, 0) is 26.0 Å². The maximum atomic E-state index is 5.39. The van der Waals surface area contributed by atoms with Crippen LogP contribution >= 0.6 is 0 Å². The van der Waals surface area contributed by atoms with Crippen molar-refractivity contribution in [3.8, 4) is 0 Å². The minimum absolute atomic E-state index is 0.582. The van der Waals surface area contributed by atoms with Gasteiger partial charge in [-0.2, -0.15) is 0 Å². The van der Waals surface area contributed by atoms with Gasteiger partial charge in [-0.25, -0.2) is 15.0 Å². The summed E-state index contributed by atoms with van der Waals surface area (Å²) in [4.78, 5) is 18.5. The molecule has 0 radical (unpaired) electrons. The second kappa shape index (κ2) is 8.60. The fourth-order valence-corrected chi connectivity index (χ4v) is 3.44. The molecule has 1 fully saturated rings. The third-order valence-electron chi connectivity index (χ3n) is 4.98. The van der Waals surface area contributed by atoms with E-state index in [-0.39, 0.29) is 0 Å². The van der Waals surface area contributed by atoms with Gasteiger partial charge in [0.15, 0.2) is 0 Å². The van der Waals surface area contributed by atoms with Gasteiger partial charge in [0.2, 0.25) is 11.9 Å². The number of aromatic nitrogens is 2. The van der Waals surface area contributed by atoms with Crippen LogP contribution in [0.4, 0.5) is 5.95 Å². The Morgan fingerprint density at radius 3 is 2.74 bits per heavy atom. The van der Waals surface area contributed by atoms with Crippen molar-refractivity contribution in [3.63, 3.8) is 0 Å². The summed E-state index contributed by atoms with van der Waals surface area (Å²) in [6.45, 7) is 9.45. The average Bonchev–Trinajstić information content (AvgIpc) is 2.70. The first kappa shape index (κ1) is 18.1. The number of para-hydroxylation sites is 1. The van der Waals surface area contributed by atoms with Gasteiger partial charge in [-0.1, -0.05) is 18.2 Å². The van der Waals surface area contributed by atoms with E-state index >= 15 is 0 Å². The minimum Gasteiger partial charge on any atom is -0.379 e. The van der Waals surface area contributed by atoms with Crippen LogP contribution < -0.4 is 10.6 Å². The molecular formula is C19H27N7O. The molecule has 3 heterocycles. The molecule has 0 amide bonds. The third-order valence-corrected chi connectivity index (χ3v) is 4.98. The number of ether oxygens (including phenoxy) is 1. The maximum Gasteiger partial charge on any atom is 0.230 e. The van der Waals surface area contributed by atoms with Crippen molar-refractivity contribution in [1.82, 2.24) is 25.1 Å². The lowest BCUT2D eigenvalue weighted by atomic mass is 10.2. The van der Waals surface area contributed by atoms with E-state index in [1.165, 1.54) is 0 Å². The van der Waals surface area contributed by atoms with Gasteiger partial charge in [0.25, 0.3) is 0 Å². The second-order valence-electron chi connectivity index (χ2n) is 6.96. The van der Waals surface area contributed by atoms with Crippen LogP contribution in [0.1, 0.15) is 12.1 Å². The van der Waals surface area contributed by atoms with Crippen LogP contribution in [0.3, 0.4) is 0 Å². The third kappa shape index (κ3) is 4.71. The van der Waals surface area contributed by atoms with Crippen molar-refractivity contribution in [3.05, 3.63) is 30.0 Å². The van der Waals surface area contributed by atoms with Gasteiger partial charge >= 0.3 is 0 Å². The predicted octanol–water partition coefficient (Wildman–Crippen LogP) is 1.25. The number of rotatable bonds is 5. The summed E-state index contributed by atoms with van der Waals surface area (Å²) in [5.74, 6) is 1.31. The zero-order valence-corrected chi connectivity index (χ0v) is 15.8. The standard InChI is InChI=1S/C19H27N7O/c1-15-16-5-2-3-6-17(16)23-19(22-15)24-18-20-13-26(14-21-18)8-4-7-25-9-11-27-12-10-25/h2-3,5-6H,4,7-14H2,1H3,(H2,20,21,22,23,24). The largest absolute Gasteiger partial charge is 0.379 e. The fraction of sp³-hybridized carbons (Fsp3) is 0.526. The number of fused-ring (bicyclic) bond motifs is 1. The molecule has 27 heavy (non-hydrogen) atoms. The summed E-state index contributed by atoms with van der Waals surface area (Å²) in [5.41, 5.74) is 1.90. The average molecular weight is 369 g/mol. The lowest BCUT2D eigenvalue weighted by Crippen LogP contribution is -2.47. The summed E-state index contributed by atoms with van der Waals surface area (Å²) in [7, 11) is 0. The Morgan fingerprint density at radius 1 is 1.11 bits per heavy atom. The van der Waals surface area contributed by atoms with Crippen molar-refractivity contribution >= 4 is 22.8 Å². The number of guanidine groups is 1. The zero-order valence-electron chi connectivity index (χ0n) is 15.8. The number of nitrogens with one attached hydrogen (secondary N) is 2. The topological polar surface area (TPSA) is 77.9 Å². The Labute approximate surface area is 159 Å². The number of anilines is 1. The highest BCUT2D eigenvalue weighted by molar-refractivity contribution is 5.93. The van der Waals surface area contributed by atoms with E-state index in [1.807, 2.05) is 31.2 Å². The monoisotopic (exact) mass is 369 g/mol. The van der Waals surface area contributed by atoms with Gasteiger partial charge in [0.1, 0.15) is 0 Å². The van der Waals surface area contributed by atoms with E-state index in [9.17, 15) is 0 Å². The first-order valence-electron chi connectivity index (χ1n) is 9.59. The van der Waals surface area contributed by atoms with Gasteiger partial charge < -0.3 is 10.1 Å². The first-order chi connectivity index (χ1) is 13.3. The van der Waals surface area contributed by atoms with Crippen LogP contribution in [-0.4, -0.2) is 78.5 Å². The molecule has 2 N–H and O–H groups in total. The quantitative estimate of drug-likeness (QED) is 0.821. The molecular weight excluding hydrogens is 342 g/mol. The van der Waals surface area contributed by atoms with Crippen LogP contribution in [0.25, 0.3) is 10.9 Å². The molecule has 8 nitrogen and oxygen atoms in total. The highest BCUT2D eigenvalue weighted by atomic mass is 16.5. The Bertz CT molecular complexity index is 804. The molecule has 1 aromatic carbocycles. The van der Waals surface area contributed by atoms with Gasteiger partial charge in [-0.15, -0.1) is 0 Å². The van der Waals surface area contributed by atoms with Crippen molar-refractivity contribution in [2.75, 3.05) is 58.0 Å². The van der Waals surface area contributed by atoms with Crippen molar-refractivity contribution in [1.29, 1.82) is 0 Å². The Morgan fingerprint density at radius 2 is 1.93 bits per heavy atom. The zero-order chi connectivity index (χ0) is 18.5. The molecule has 8 heteroatoms. The molecule has 1 aromatic heterocycles. The molecule has 0 unspecified atom stereocenters. The highest BCUT2D eigenvalue weighted by Gasteiger charge is 2.15. The number of nitrogens with zero attached hydrogens (tertiary/aromatic N) is 5. The Hall–Kier alpha value is -2.29. The molecule has 2 aromatic rings. The molecule has 0 saturated carbocycles. The smallest absolute Gasteiger partial charge is 0.230 e. The number of hydrogen-bond donors (Lipinski definition) is 2.